The first-order chi connectivity index (χ1) is 11.2. The zero-order valence-corrected chi connectivity index (χ0v) is 14.1. The molecule has 0 saturated heterocycles. The maximum Gasteiger partial charge on any atom is 0.141 e. The van der Waals surface area contributed by atoms with Crippen LogP contribution in [0.4, 0.5) is 0 Å². The van der Waals surface area contributed by atoms with Crippen molar-refractivity contribution in [2.24, 2.45) is 0 Å². The molecule has 1 heterocycles. The summed E-state index contributed by atoms with van der Waals surface area (Å²) < 4.78 is 5.88. The molecule has 2 rings (SSSR count). The topological polar surface area (TPSA) is 45.9 Å². The molecule has 4 heteroatoms. The van der Waals surface area contributed by atoms with Crippen LogP contribution in [0.2, 0.25) is 5.15 Å². The number of hydrogen-bond acceptors (Lipinski definition) is 3. The maximum absolute atomic E-state index is 9.22. The molecule has 1 aromatic carbocycles. The summed E-state index contributed by atoms with van der Waals surface area (Å²) in [5.74, 6) is 0.749. The van der Waals surface area contributed by atoms with E-state index in [-0.39, 0.29) is 0 Å². The van der Waals surface area contributed by atoms with E-state index in [0.29, 0.717) is 23.7 Å². The molecule has 0 bridgehead atoms. The van der Waals surface area contributed by atoms with Crippen molar-refractivity contribution in [3.63, 3.8) is 0 Å². The van der Waals surface area contributed by atoms with Gasteiger partial charge in [-0.25, -0.2) is 4.98 Å². The third kappa shape index (κ3) is 5.26. The van der Waals surface area contributed by atoms with Crippen molar-refractivity contribution < 1.29 is 4.74 Å². The molecule has 23 heavy (non-hydrogen) atoms. The van der Waals surface area contributed by atoms with Gasteiger partial charge in [-0.3, -0.25) is 0 Å². The Hall–Kier alpha value is -2.05. The van der Waals surface area contributed by atoms with E-state index in [2.05, 4.69) is 18.0 Å². The van der Waals surface area contributed by atoms with Crippen molar-refractivity contribution in [3.05, 3.63) is 58.4 Å². The highest BCUT2D eigenvalue weighted by molar-refractivity contribution is 6.29. The third-order valence-electron chi connectivity index (χ3n) is 3.65. The van der Waals surface area contributed by atoms with Gasteiger partial charge >= 0.3 is 0 Å². The fourth-order valence-electron chi connectivity index (χ4n) is 2.39. The molecule has 0 aliphatic heterocycles. The van der Waals surface area contributed by atoms with E-state index in [0.717, 1.165) is 23.4 Å². The lowest BCUT2D eigenvalue weighted by atomic mass is 10.0. The van der Waals surface area contributed by atoms with Gasteiger partial charge in [0.05, 0.1) is 23.9 Å². The van der Waals surface area contributed by atoms with Gasteiger partial charge in [-0.2, -0.15) is 5.26 Å². The molecule has 0 fully saturated rings. The zero-order chi connectivity index (χ0) is 16.5. The Morgan fingerprint density at radius 2 is 1.96 bits per heavy atom. The quantitative estimate of drug-likeness (QED) is 0.497. The number of hydrogen-bond donors (Lipinski definition) is 0. The number of nitrogens with zero attached hydrogens (tertiary/aromatic N) is 2. The Morgan fingerprint density at radius 1 is 1.13 bits per heavy atom. The predicted molar refractivity (Wildman–Crippen MR) is 92.8 cm³/mol. The molecule has 0 aliphatic rings. The van der Waals surface area contributed by atoms with Gasteiger partial charge in [-0.15, -0.1) is 0 Å². The monoisotopic (exact) mass is 328 g/mol. The number of aromatic nitrogens is 1. The van der Waals surface area contributed by atoms with Gasteiger partial charge in [0.15, 0.2) is 0 Å². The molecule has 1 aromatic heterocycles. The maximum atomic E-state index is 9.22. The number of halogens is 1. The Balaban J connectivity index is 2.11. The van der Waals surface area contributed by atoms with E-state index in [1.165, 1.54) is 19.3 Å². The number of pyridine rings is 1. The smallest absolute Gasteiger partial charge is 0.141 e. The summed E-state index contributed by atoms with van der Waals surface area (Å²) >= 11 is 6.03. The van der Waals surface area contributed by atoms with Crippen LogP contribution in [0, 0.1) is 11.3 Å². The molecule has 120 valence electrons. The second-order valence-electron chi connectivity index (χ2n) is 5.43. The van der Waals surface area contributed by atoms with Crippen LogP contribution in [0.5, 0.6) is 5.75 Å². The largest absolute Gasteiger partial charge is 0.492 e. The summed E-state index contributed by atoms with van der Waals surface area (Å²) in [7, 11) is 0. The fourth-order valence-corrected chi connectivity index (χ4v) is 2.56. The van der Waals surface area contributed by atoms with Crippen molar-refractivity contribution >= 4 is 11.6 Å². The first kappa shape index (κ1) is 17.3. The van der Waals surface area contributed by atoms with E-state index in [1.807, 2.05) is 30.3 Å². The highest BCUT2D eigenvalue weighted by Gasteiger charge is 2.10. The molecular formula is C19H21ClN2O. The van der Waals surface area contributed by atoms with Crippen LogP contribution in [-0.2, 0) is 6.42 Å². The zero-order valence-electron chi connectivity index (χ0n) is 13.4. The molecule has 2 aromatic rings. The van der Waals surface area contributed by atoms with Crippen molar-refractivity contribution in [2.45, 2.75) is 39.0 Å². The van der Waals surface area contributed by atoms with Crippen LogP contribution in [0.15, 0.2) is 36.4 Å². The van der Waals surface area contributed by atoms with Gasteiger partial charge in [-0.05, 0) is 30.2 Å². The minimum absolute atomic E-state index is 0.438. The molecule has 3 nitrogen and oxygen atoms in total. The Bertz CT molecular complexity index is 679. The average molecular weight is 329 g/mol. The molecule has 0 unspecified atom stereocenters. The minimum Gasteiger partial charge on any atom is -0.492 e. The number of nitriles is 1. The Labute approximate surface area is 142 Å². The number of ether oxygens (including phenoxy) is 1. The summed E-state index contributed by atoms with van der Waals surface area (Å²) in [5.41, 5.74) is 2.36. The van der Waals surface area contributed by atoms with E-state index in [1.54, 1.807) is 6.07 Å². The van der Waals surface area contributed by atoms with Crippen LogP contribution in [-0.4, -0.2) is 11.6 Å². The van der Waals surface area contributed by atoms with Crippen LogP contribution < -0.4 is 4.74 Å². The average Bonchev–Trinajstić information content (AvgIpc) is 2.57. The summed E-state index contributed by atoms with van der Waals surface area (Å²) in [5, 5.41) is 9.65. The molecule has 0 N–H and O–H groups in total. The number of unbranched alkanes of at least 4 members (excludes halogenated alkanes) is 3. The van der Waals surface area contributed by atoms with Gasteiger partial charge in [-0.1, -0.05) is 56.0 Å². The van der Waals surface area contributed by atoms with Gasteiger partial charge in [0.2, 0.25) is 0 Å². The molecule has 0 saturated carbocycles. The standard InChI is InChI=1S/C19H21ClN2O/c1-2-3-4-7-12-23-18-10-11-19(20)22-17(18)13-15-8-5-6-9-16(15)14-21/h5-6,8-11H,2-4,7,12-13H2,1H3. The van der Waals surface area contributed by atoms with Gasteiger partial charge in [0, 0.05) is 6.42 Å². The normalized spacial score (nSPS) is 10.3. The van der Waals surface area contributed by atoms with E-state index in [4.69, 9.17) is 16.3 Å². The SMILES string of the molecule is CCCCCCOc1ccc(Cl)nc1Cc1ccccc1C#N. The van der Waals surface area contributed by atoms with Crippen LogP contribution in [0.25, 0.3) is 0 Å². The highest BCUT2D eigenvalue weighted by Crippen LogP contribution is 2.24. The Morgan fingerprint density at radius 3 is 2.74 bits per heavy atom. The number of rotatable bonds is 8. The van der Waals surface area contributed by atoms with Crippen molar-refractivity contribution in [2.75, 3.05) is 6.61 Å². The van der Waals surface area contributed by atoms with Gasteiger partial charge in [0.25, 0.3) is 0 Å². The van der Waals surface area contributed by atoms with Crippen LogP contribution >= 0.6 is 11.6 Å². The van der Waals surface area contributed by atoms with Crippen molar-refractivity contribution in [1.29, 1.82) is 5.26 Å². The summed E-state index contributed by atoms with van der Waals surface area (Å²) in [4.78, 5) is 4.39. The summed E-state index contributed by atoms with van der Waals surface area (Å²) in [6, 6.07) is 13.3. The Kier molecular flexibility index (Phi) is 6.90. The molecule has 0 aliphatic carbocycles. The summed E-state index contributed by atoms with van der Waals surface area (Å²) in [6.07, 6.45) is 5.17. The second-order valence-corrected chi connectivity index (χ2v) is 5.82. The van der Waals surface area contributed by atoms with Crippen molar-refractivity contribution in [1.82, 2.24) is 4.98 Å². The number of benzene rings is 1. The third-order valence-corrected chi connectivity index (χ3v) is 3.86. The van der Waals surface area contributed by atoms with E-state index >= 15 is 0 Å². The second kappa shape index (κ2) is 9.17. The highest BCUT2D eigenvalue weighted by atomic mass is 35.5. The first-order valence-corrected chi connectivity index (χ1v) is 8.38. The lowest BCUT2D eigenvalue weighted by Crippen LogP contribution is -2.03. The van der Waals surface area contributed by atoms with Gasteiger partial charge < -0.3 is 4.74 Å². The first-order valence-electron chi connectivity index (χ1n) is 8.00. The molecule has 0 radical (unpaired) electrons. The van der Waals surface area contributed by atoms with E-state index < -0.39 is 0 Å². The lowest BCUT2D eigenvalue weighted by molar-refractivity contribution is 0.301. The minimum atomic E-state index is 0.438. The molecule has 0 amide bonds. The predicted octanol–water partition coefficient (Wildman–Crippen LogP) is 5.16. The summed E-state index contributed by atoms with van der Waals surface area (Å²) in [6.45, 7) is 2.87. The fraction of sp³-hybridized carbons (Fsp3) is 0.368. The van der Waals surface area contributed by atoms with Crippen LogP contribution in [0.3, 0.4) is 0 Å². The lowest BCUT2D eigenvalue weighted by Gasteiger charge is -2.12. The molecule has 0 spiro atoms. The molecular weight excluding hydrogens is 308 g/mol. The van der Waals surface area contributed by atoms with E-state index in [9.17, 15) is 5.26 Å². The molecule has 0 atom stereocenters. The van der Waals surface area contributed by atoms with Gasteiger partial charge in [0.1, 0.15) is 10.9 Å². The van der Waals surface area contributed by atoms with Crippen LogP contribution in [0.1, 0.15) is 49.4 Å². The van der Waals surface area contributed by atoms with Crippen molar-refractivity contribution in [3.8, 4) is 11.8 Å².